The van der Waals surface area contributed by atoms with Gasteiger partial charge in [0.15, 0.2) is 0 Å². The molecule has 2 aromatic heterocycles. The molecule has 9 nitrogen and oxygen atoms in total. The fourth-order valence-corrected chi connectivity index (χ4v) is 6.95. The normalized spacial score (nSPS) is 26.5. The number of rotatable bonds is 7. The predicted molar refractivity (Wildman–Crippen MR) is 128 cm³/mol. The van der Waals surface area contributed by atoms with Gasteiger partial charge in [-0.1, -0.05) is 6.07 Å². The number of amides is 4. The smallest absolute Gasteiger partial charge is 0.268 e. The lowest BCUT2D eigenvalue weighted by atomic mass is 9.49. The summed E-state index contributed by atoms with van der Waals surface area (Å²) in [4.78, 5) is 54.7. The minimum absolute atomic E-state index is 0.105. The number of likely N-dealkylation sites (N-methyl/N-ethyl adjacent to an activating group) is 1. The third-order valence-corrected chi connectivity index (χ3v) is 8.23. The Morgan fingerprint density at radius 2 is 1.71 bits per heavy atom. The first-order valence-electron chi connectivity index (χ1n) is 12.5. The number of fused-ring (bicyclic) bond motifs is 1. The van der Waals surface area contributed by atoms with Gasteiger partial charge in [0.1, 0.15) is 17.8 Å². The van der Waals surface area contributed by atoms with E-state index in [2.05, 4.69) is 15.6 Å². The fraction of sp³-hybridized carbons (Fsp3) is 0.577. The second-order valence-corrected chi connectivity index (χ2v) is 10.8. The first-order valence-corrected chi connectivity index (χ1v) is 12.5. The molecule has 9 heteroatoms. The number of aromatic nitrogens is 2. The van der Waals surface area contributed by atoms with Crippen molar-refractivity contribution in [1.29, 1.82) is 0 Å². The molecule has 0 aromatic carbocycles. The highest BCUT2D eigenvalue weighted by atomic mass is 16.2. The van der Waals surface area contributed by atoms with Crippen molar-refractivity contribution in [3.63, 3.8) is 0 Å². The van der Waals surface area contributed by atoms with Gasteiger partial charge in [0.2, 0.25) is 17.7 Å². The molecule has 4 amide bonds. The van der Waals surface area contributed by atoms with Crippen LogP contribution in [0.4, 0.5) is 0 Å². The number of nitrogens with one attached hydrogen (secondary N) is 2. The van der Waals surface area contributed by atoms with E-state index >= 15 is 0 Å². The van der Waals surface area contributed by atoms with Crippen LogP contribution in [0, 0.1) is 23.2 Å². The summed E-state index contributed by atoms with van der Waals surface area (Å²) in [6.45, 7) is 0.712. The van der Waals surface area contributed by atoms with Gasteiger partial charge in [0.25, 0.3) is 5.91 Å². The van der Waals surface area contributed by atoms with E-state index in [1.807, 2.05) is 0 Å². The molecule has 4 fully saturated rings. The number of imide groups is 1. The van der Waals surface area contributed by atoms with Crippen molar-refractivity contribution in [1.82, 2.24) is 24.9 Å². The maximum Gasteiger partial charge on any atom is 0.268 e. The number of hydrogen-bond donors (Lipinski definition) is 2. The molecule has 0 saturated heterocycles. The van der Waals surface area contributed by atoms with Gasteiger partial charge < -0.3 is 10.6 Å². The van der Waals surface area contributed by atoms with E-state index in [1.54, 1.807) is 28.8 Å². The van der Waals surface area contributed by atoms with Crippen LogP contribution in [0.3, 0.4) is 0 Å². The van der Waals surface area contributed by atoms with E-state index in [0.717, 1.165) is 22.7 Å². The number of carbonyl (C=O) groups is 4. The SMILES string of the molecule is CNC(=O)CC(=O)N(C)C(=O)Cc1cn2c(C(=O)NCC34CC5CC(CC(C5)C3)C4)cccc2n1. The Kier molecular flexibility index (Phi) is 6.11. The van der Waals surface area contributed by atoms with Crippen LogP contribution in [0.25, 0.3) is 5.65 Å². The first kappa shape index (κ1) is 23.5. The van der Waals surface area contributed by atoms with Gasteiger partial charge in [-0.25, -0.2) is 4.98 Å². The lowest BCUT2D eigenvalue weighted by molar-refractivity contribution is -0.144. The zero-order valence-electron chi connectivity index (χ0n) is 20.4. The third kappa shape index (κ3) is 4.68. The van der Waals surface area contributed by atoms with Crippen LogP contribution in [-0.4, -0.2) is 58.6 Å². The number of pyridine rings is 1. The highest BCUT2D eigenvalue weighted by Crippen LogP contribution is 2.59. The average Bonchev–Trinajstić information content (AvgIpc) is 3.23. The van der Waals surface area contributed by atoms with Crippen LogP contribution < -0.4 is 10.6 Å². The van der Waals surface area contributed by atoms with Crippen molar-refractivity contribution < 1.29 is 19.2 Å². The number of imidazole rings is 1. The molecule has 0 atom stereocenters. The molecule has 35 heavy (non-hydrogen) atoms. The highest BCUT2D eigenvalue weighted by molar-refractivity contribution is 6.04. The zero-order valence-corrected chi connectivity index (χ0v) is 20.4. The van der Waals surface area contributed by atoms with Crippen LogP contribution in [0.5, 0.6) is 0 Å². The predicted octanol–water partition coefficient (Wildman–Crippen LogP) is 1.94. The topological polar surface area (TPSA) is 113 Å². The lowest BCUT2D eigenvalue weighted by Gasteiger charge is -2.56. The standard InChI is InChI=1S/C26H33N5O4/c1-27-22(32)10-24(34)30(2)23(33)9-19-14-31-20(4-3-5-21(31)29-19)25(35)28-15-26-11-16-6-17(12-26)8-18(7-16)13-26/h3-5,14,16-18H,6-13,15H2,1-2H3,(H,27,32)(H,28,35). The third-order valence-electron chi connectivity index (χ3n) is 8.23. The molecule has 6 rings (SSSR count). The van der Waals surface area contributed by atoms with Crippen molar-refractivity contribution >= 4 is 29.3 Å². The lowest BCUT2D eigenvalue weighted by Crippen LogP contribution is -2.51. The Morgan fingerprint density at radius 3 is 2.34 bits per heavy atom. The summed E-state index contributed by atoms with van der Waals surface area (Å²) in [6.07, 6.45) is 8.97. The molecular weight excluding hydrogens is 446 g/mol. The number of nitrogens with zero attached hydrogens (tertiary/aromatic N) is 3. The summed E-state index contributed by atoms with van der Waals surface area (Å²) in [5.41, 5.74) is 1.74. The van der Waals surface area contributed by atoms with Crippen LogP contribution in [-0.2, 0) is 20.8 Å². The quantitative estimate of drug-likeness (QED) is 0.590. The van der Waals surface area contributed by atoms with E-state index in [9.17, 15) is 19.2 Å². The largest absolute Gasteiger partial charge is 0.359 e. The molecule has 2 heterocycles. The minimum atomic E-state index is -0.581. The molecule has 2 N–H and O–H groups in total. The van der Waals surface area contributed by atoms with E-state index in [0.29, 0.717) is 23.6 Å². The summed E-state index contributed by atoms with van der Waals surface area (Å²) in [5.74, 6) is 0.856. The van der Waals surface area contributed by atoms with Crippen molar-refractivity contribution in [2.24, 2.45) is 23.2 Å². The summed E-state index contributed by atoms with van der Waals surface area (Å²) in [5, 5.41) is 5.58. The number of carbonyl (C=O) groups excluding carboxylic acids is 4. The molecule has 4 aliphatic rings. The van der Waals surface area contributed by atoms with Crippen molar-refractivity contribution in [3.8, 4) is 0 Å². The molecular formula is C26H33N5O4. The van der Waals surface area contributed by atoms with Crippen LogP contribution in [0.15, 0.2) is 24.4 Å². The molecule has 4 bridgehead atoms. The van der Waals surface area contributed by atoms with Crippen LogP contribution in [0.1, 0.15) is 61.1 Å². The maximum absolute atomic E-state index is 13.2. The molecule has 186 valence electrons. The Bertz CT molecular complexity index is 1150. The van der Waals surface area contributed by atoms with Crippen molar-refractivity contribution in [2.45, 2.75) is 51.4 Å². The van der Waals surface area contributed by atoms with E-state index < -0.39 is 24.1 Å². The number of hydrogen-bond acceptors (Lipinski definition) is 5. The Hall–Kier alpha value is -3.23. The molecule has 0 aliphatic heterocycles. The van der Waals surface area contributed by atoms with Gasteiger partial charge in [0, 0.05) is 26.8 Å². The Morgan fingerprint density at radius 1 is 1.06 bits per heavy atom. The summed E-state index contributed by atoms with van der Waals surface area (Å²) in [7, 11) is 2.79. The van der Waals surface area contributed by atoms with Crippen LogP contribution >= 0.6 is 0 Å². The van der Waals surface area contributed by atoms with Gasteiger partial charge in [-0.15, -0.1) is 0 Å². The van der Waals surface area contributed by atoms with Crippen molar-refractivity contribution in [2.75, 3.05) is 20.6 Å². The van der Waals surface area contributed by atoms with E-state index in [1.165, 1.54) is 52.6 Å². The monoisotopic (exact) mass is 479 g/mol. The Balaban J connectivity index is 1.25. The summed E-state index contributed by atoms with van der Waals surface area (Å²) >= 11 is 0. The zero-order chi connectivity index (χ0) is 24.7. The van der Waals surface area contributed by atoms with E-state index in [4.69, 9.17) is 0 Å². The second-order valence-electron chi connectivity index (χ2n) is 10.8. The second kappa shape index (κ2) is 9.09. The minimum Gasteiger partial charge on any atom is -0.359 e. The molecule has 4 saturated carbocycles. The van der Waals surface area contributed by atoms with Gasteiger partial charge in [-0.3, -0.25) is 28.5 Å². The molecule has 0 unspecified atom stereocenters. The fourth-order valence-electron chi connectivity index (χ4n) is 6.95. The molecule has 2 aromatic rings. The molecule has 0 radical (unpaired) electrons. The summed E-state index contributed by atoms with van der Waals surface area (Å²) < 4.78 is 1.70. The van der Waals surface area contributed by atoms with Gasteiger partial charge in [-0.2, -0.15) is 0 Å². The highest BCUT2D eigenvalue weighted by Gasteiger charge is 2.50. The maximum atomic E-state index is 13.2. The van der Waals surface area contributed by atoms with Gasteiger partial charge in [0.05, 0.1) is 12.1 Å². The van der Waals surface area contributed by atoms with Gasteiger partial charge in [-0.05, 0) is 73.8 Å². The Labute approximate surface area is 204 Å². The first-order chi connectivity index (χ1) is 16.7. The van der Waals surface area contributed by atoms with Crippen molar-refractivity contribution in [3.05, 3.63) is 35.8 Å². The molecule has 4 aliphatic carbocycles. The molecule has 0 spiro atoms. The summed E-state index contributed by atoms with van der Waals surface area (Å²) in [6, 6.07) is 5.32. The van der Waals surface area contributed by atoms with Gasteiger partial charge >= 0.3 is 0 Å². The average molecular weight is 480 g/mol. The van der Waals surface area contributed by atoms with Crippen LogP contribution in [0.2, 0.25) is 0 Å². The van der Waals surface area contributed by atoms with E-state index in [-0.39, 0.29) is 17.7 Å².